The number of carbonyl (C=O) groups excluding carboxylic acids is 1. The summed E-state index contributed by atoms with van der Waals surface area (Å²) < 4.78 is 5.99. The molecule has 3 aromatic rings. The van der Waals surface area contributed by atoms with Gasteiger partial charge in [-0.25, -0.2) is 9.79 Å². The lowest BCUT2D eigenvalue weighted by atomic mass is 10.0. The van der Waals surface area contributed by atoms with Gasteiger partial charge in [-0.05, 0) is 72.3 Å². The van der Waals surface area contributed by atoms with E-state index in [1.54, 1.807) is 17.0 Å². The van der Waals surface area contributed by atoms with Crippen molar-refractivity contribution in [3.63, 3.8) is 0 Å². The monoisotopic (exact) mass is 460 g/mol. The van der Waals surface area contributed by atoms with Crippen molar-refractivity contribution >= 4 is 51.3 Å². The van der Waals surface area contributed by atoms with Crippen molar-refractivity contribution in [2.45, 2.75) is 20.3 Å². The van der Waals surface area contributed by atoms with Gasteiger partial charge >= 0.3 is 5.97 Å². The van der Waals surface area contributed by atoms with Gasteiger partial charge in [0, 0.05) is 12.1 Å². The third kappa shape index (κ3) is 4.78. The Balaban J connectivity index is 1.74. The van der Waals surface area contributed by atoms with Gasteiger partial charge in [0.05, 0.1) is 22.8 Å². The number of hydrogen-bond donors (Lipinski definition) is 1. The molecule has 0 atom stereocenters. The fourth-order valence-corrected chi connectivity index (χ4v) is 4.60. The maximum absolute atomic E-state index is 13.2. The quantitative estimate of drug-likeness (QED) is 0.441. The first-order valence-corrected chi connectivity index (χ1v) is 11.6. The molecule has 7 heteroatoms. The molecule has 0 bridgehead atoms. The lowest BCUT2D eigenvalue weighted by molar-refractivity contribution is -0.122. The summed E-state index contributed by atoms with van der Waals surface area (Å²) in [6.45, 7) is 5.03. The fourth-order valence-electron chi connectivity index (χ4n) is 3.55. The zero-order chi connectivity index (χ0) is 23.4. The molecule has 0 spiro atoms. The number of hydrogen-bond acceptors (Lipinski definition) is 5. The number of carboxylic acid groups (broad SMARTS) is 1. The minimum Gasteiger partial charge on any atom is -0.493 e. The van der Waals surface area contributed by atoms with E-state index in [9.17, 15) is 9.59 Å². The molecule has 4 rings (SSSR count). The van der Waals surface area contributed by atoms with Crippen LogP contribution >= 0.6 is 11.8 Å². The van der Waals surface area contributed by atoms with Crippen LogP contribution in [0.5, 0.6) is 5.75 Å². The summed E-state index contributed by atoms with van der Waals surface area (Å²) >= 11 is 1.31. The first-order valence-electron chi connectivity index (χ1n) is 10.8. The van der Waals surface area contributed by atoms with E-state index in [0.29, 0.717) is 28.9 Å². The summed E-state index contributed by atoms with van der Waals surface area (Å²) in [5, 5.41) is 11.7. The smallest absolute Gasteiger partial charge is 0.335 e. The van der Waals surface area contributed by atoms with E-state index >= 15 is 0 Å². The van der Waals surface area contributed by atoms with Crippen molar-refractivity contribution in [3.8, 4) is 5.75 Å². The van der Waals surface area contributed by atoms with Crippen molar-refractivity contribution in [1.29, 1.82) is 0 Å². The van der Waals surface area contributed by atoms with Crippen molar-refractivity contribution in [2.75, 3.05) is 13.2 Å². The summed E-state index contributed by atoms with van der Waals surface area (Å²) in [6.07, 6.45) is 2.77. The number of thioether (sulfide) groups is 1. The molecule has 3 aromatic carbocycles. The molecule has 0 saturated carbocycles. The Morgan fingerprint density at radius 1 is 1.09 bits per heavy atom. The largest absolute Gasteiger partial charge is 0.493 e. The van der Waals surface area contributed by atoms with Crippen LogP contribution in [0.25, 0.3) is 16.8 Å². The van der Waals surface area contributed by atoms with Crippen molar-refractivity contribution in [1.82, 2.24) is 4.90 Å². The Hall–Kier alpha value is -3.58. The number of amides is 1. The van der Waals surface area contributed by atoms with Crippen LogP contribution in [0.4, 0.5) is 5.69 Å². The van der Waals surface area contributed by atoms with Gasteiger partial charge in [0.15, 0.2) is 5.17 Å². The Labute approximate surface area is 196 Å². The molecule has 168 valence electrons. The van der Waals surface area contributed by atoms with Crippen molar-refractivity contribution < 1.29 is 19.4 Å². The number of likely N-dealkylation sites (N-methyl/N-ethyl adjacent to an activating group) is 1. The van der Waals surface area contributed by atoms with Crippen LogP contribution in [0, 0.1) is 0 Å². The number of amidine groups is 1. The van der Waals surface area contributed by atoms with Gasteiger partial charge in [-0.3, -0.25) is 9.69 Å². The molecule has 0 radical (unpaired) electrons. The van der Waals surface area contributed by atoms with Gasteiger partial charge < -0.3 is 9.84 Å². The van der Waals surface area contributed by atoms with E-state index in [-0.39, 0.29) is 11.5 Å². The van der Waals surface area contributed by atoms with Crippen LogP contribution in [0.2, 0.25) is 0 Å². The molecule has 1 aliphatic heterocycles. The molecule has 1 aliphatic rings. The normalized spacial score (nSPS) is 16.2. The van der Waals surface area contributed by atoms with Crippen LogP contribution < -0.4 is 4.74 Å². The van der Waals surface area contributed by atoms with Gasteiger partial charge in [-0.15, -0.1) is 0 Å². The zero-order valence-corrected chi connectivity index (χ0v) is 19.3. The molecule has 6 nitrogen and oxygen atoms in total. The fraction of sp³-hybridized carbons (Fsp3) is 0.192. The number of nitrogens with zero attached hydrogens (tertiary/aromatic N) is 2. The molecule has 33 heavy (non-hydrogen) atoms. The average Bonchev–Trinajstić information content (AvgIpc) is 3.12. The highest BCUT2D eigenvalue weighted by molar-refractivity contribution is 8.18. The lowest BCUT2D eigenvalue weighted by Crippen LogP contribution is -2.28. The number of rotatable bonds is 7. The molecule has 1 heterocycles. The first kappa shape index (κ1) is 22.6. The topological polar surface area (TPSA) is 79.2 Å². The van der Waals surface area contributed by atoms with Gasteiger partial charge in [-0.2, -0.15) is 0 Å². The van der Waals surface area contributed by atoms with E-state index < -0.39 is 5.97 Å². The SMILES string of the molecule is CCCOc1ccc2ccccc2c1/C=C1/SC(=Nc2ccc(C(=O)O)cc2)N(CC)C1=O. The maximum atomic E-state index is 13.2. The highest BCUT2D eigenvalue weighted by atomic mass is 32.2. The van der Waals surface area contributed by atoms with Gasteiger partial charge in [0.25, 0.3) is 5.91 Å². The summed E-state index contributed by atoms with van der Waals surface area (Å²) in [6, 6.07) is 18.3. The number of fused-ring (bicyclic) bond motifs is 1. The number of ether oxygens (including phenoxy) is 1. The highest BCUT2D eigenvalue weighted by Gasteiger charge is 2.32. The number of benzene rings is 3. The predicted octanol–water partition coefficient (Wildman–Crippen LogP) is 5.95. The summed E-state index contributed by atoms with van der Waals surface area (Å²) in [5.74, 6) is -0.358. The third-order valence-electron chi connectivity index (χ3n) is 5.21. The number of aromatic carboxylic acids is 1. The number of aliphatic imine (C=N–C) groups is 1. The van der Waals surface area contributed by atoms with E-state index in [0.717, 1.165) is 28.5 Å². The minimum absolute atomic E-state index is 0.113. The summed E-state index contributed by atoms with van der Waals surface area (Å²) in [4.78, 5) is 31.1. The summed E-state index contributed by atoms with van der Waals surface area (Å²) in [7, 11) is 0. The molecular formula is C26H24N2O4S. The van der Waals surface area contributed by atoms with E-state index in [2.05, 4.69) is 11.9 Å². The highest BCUT2D eigenvalue weighted by Crippen LogP contribution is 2.37. The van der Waals surface area contributed by atoms with Gasteiger partial charge in [0.2, 0.25) is 0 Å². The molecular weight excluding hydrogens is 436 g/mol. The molecule has 1 amide bonds. The Bertz CT molecular complexity index is 1270. The van der Waals surface area contributed by atoms with E-state index in [1.807, 2.05) is 49.4 Å². The standard InChI is InChI=1S/C26H24N2O4S/c1-3-15-32-22-14-11-17-7-5-6-8-20(17)21(22)16-23-24(29)28(4-2)26(33-23)27-19-12-9-18(10-13-19)25(30)31/h5-14,16H,3-4,15H2,1-2H3,(H,30,31)/b23-16+,27-26?. The Morgan fingerprint density at radius 2 is 1.85 bits per heavy atom. The average molecular weight is 461 g/mol. The second-order valence-electron chi connectivity index (χ2n) is 7.45. The molecule has 1 N–H and O–H groups in total. The van der Waals surface area contributed by atoms with Crippen LogP contribution in [0.15, 0.2) is 70.6 Å². The minimum atomic E-state index is -0.990. The van der Waals surface area contributed by atoms with Crippen molar-refractivity contribution in [3.05, 3.63) is 76.7 Å². The van der Waals surface area contributed by atoms with Crippen LogP contribution in [-0.2, 0) is 4.79 Å². The first-order chi connectivity index (χ1) is 16.0. The van der Waals surface area contributed by atoms with E-state index in [4.69, 9.17) is 9.84 Å². The Kier molecular flexibility index (Phi) is 6.79. The van der Waals surface area contributed by atoms with Gasteiger partial charge in [-0.1, -0.05) is 37.3 Å². The zero-order valence-electron chi connectivity index (χ0n) is 18.4. The van der Waals surface area contributed by atoms with Crippen LogP contribution in [0.3, 0.4) is 0 Å². The number of carboxylic acids is 1. The molecule has 0 unspecified atom stereocenters. The maximum Gasteiger partial charge on any atom is 0.335 e. The molecule has 0 aliphatic carbocycles. The molecule has 1 saturated heterocycles. The predicted molar refractivity (Wildman–Crippen MR) is 133 cm³/mol. The van der Waals surface area contributed by atoms with E-state index in [1.165, 1.54) is 23.9 Å². The van der Waals surface area contributed by atoms with Crippen LogP contribution in [-0.4, -0.2) is 40.2 Å². The summed E-state index contributed by atoms with van der Waals surface area (Å²) in [5.41, 5.74) is 1.66. The van der Waals surface area contributed by atoms with Crippen molar-refractivity contribution in [2.24, 2.45) is 4.99 Å². The molecule has 1 fully saturated rings. The second-order valence-corrected chi connectivity index (χ2v) is 8.46. The lowest BCUT2D eigenvalue weighted by Gasteiger charge is -2.13. The second kappa shape index (κ2) is 9.92. The Morgan fingerprint density at radius 3 is 2.55 bits per heavy atom. The third-order valence-corrected chi connectivity index (χ3v) is 6.22. The number of carbonyl (C=O) groups is 2. The van der Waals surface area contributed by atoms with Gasteiger partial charge in [0.1, 0.15) is 5.75 Å². The van der Waals surface area contributed by atoms with Crippen LogP contribution in [0.1, 0.15) is 36.2 Å². The molecule has 0 aromatic heterocycles.